The monoisotopic (exact) mass is 297 g/mol. The Morgan fingerprint density at radius 1 is 1.35 bits per heavy atom. The Labute approximate surface area is 112 Å². The van der Waals surface area contributed by atoms with Crippen LogP contribution in [-0.4, -0.2) is 30.8 Å². The number of halogens is 1. The van der Waals surface area contributed by atoms with Crippen molar-refractivity contribution in [2.24, 2.45) is 5.92 Å². The van der Waals surface area contributed by atoms with Gasteiger partial charge in [-0.25, -0.2) is 0 Å². The predicted molar refractivity (Wildman–Crippen MR) is 75.4 cm³/mol. The molecule has 0 amide bonds. The lowest BCUT2D eigenvalue weighted by molar-refractivity contribution is 0.0939. The van der Waals surface area contributed by atoms with Gasteiger partial charge >= 0.3 is 0 Å². The number of likely N-dealkylation sites (N-methyl/N-ethyl adjacent to an activating group) is 1. The summed E-state index contributed by atoms with van der Waals surface area (Å²) in [5.74, 6) is 0.820. The largest absolute Gasteiger partial charge is 0.299 e. The molecule has 0 spiro atoms. The summed E-state index contributed by atoms with van der Waals surface area (Å²) < 4.78 is 1.00. The lowest BCUT2D eigenvalue weighted by Gasteiger charge is -2.19. The van der Waals surface area contributed by atoms with E-state index in [1.54, 1.807) is 0 Å². The lowest BCUT2D eigenvalue weighted by Crippen LogP contribution is -2.29. The molecule has 1 aromatic carbocycles. The van der Waals surface area contributed by atoms with Crippen molar-refractivity contribution >= 4 is 21.7 Å². The highest BCUT2D eigenvalue weighted by Crippen LogP contribution is 2.11. The maximum Gasteiger partial charge on any atom is 0.176 e. The smallest absolute Gasteiger partial charge is 0.176 e. The summed E-state index contributed by atoms with van der Waals surface area (Å²) in [7, 11) is 2.00. The van der Waals surface area contributed by atoms with Gasteiger partial charge in [-0.1, -0.05) is 48.3 Å². The molecular weight excluding hydrogens is 278 g/mol. The molecule has 2 nitrogen and oxygen atoms in total. The van der Waals surface area contributed by atoms with E-state index in [2.05, 4.69) is 34.7 Å². The molecule has 0 bridgehead atoms. The second-order valence-electron chi connectivity index (χ2n) is 4.64. The van der Waals surface area contributed by atoms with Crippen LogP contribution in [0.5, 0.6) is 0 Å². The van der Waals surface area contributed by atoms with Crippen molar-refractivity contribution < 1.29 is 4.79 Å². The molecule has 0 aromatic heterocycles. The number of hydrogen-bond donors (Lipinski definition) is 0. The van der Waals surface area contributed by atoms with Crippen LogP contribution in [0.4, 0.5) is 0 Å². The normalized spacial score (nSPS) is 12.8. The van der Waals surface area contributed by atoms with Crippen molar-refractivity contribution in [3.05, 3.63) is 34.3 Å². The molecule has 0 N–H and O–H groups in total. The molecular formula is C14H20BrNO. The molecule has 3 heteroatoms. The van der Waals surface area contributed by atoms with Gasteiger partial charge in [0.15, 0.2) is 5.78 Å². The number of ketones is 1. The summed E-state index contributed by atoms with van der Waals surface area (Å²) in [4.78, 5) is 14.1. The van der Waals surface area contributed by atoms with Gasteiger partial charge in [-0.15, -0.1) is 0 Å². The van der Waals surface area contributed by atoms with Gasteiger partial charge in [0.25, 0.3) is 0 Å². The molecule has 0 saturated heterocycles. The van der Waals surface area contributed by atoms with Gasteiger partial charge in [0.05, 0.1) is 6.54 Å². The highest BCUT2D eigenvalue weighted by atomic mass is 79.9. The Kier molecular flexibility index (Phi) is 5.86. The molecule has 0 aliphatic carbocycles. The van der Waals surface area contributed by atoms with Gasteiger partial charge in [-0.05, 0) is 25.1 Å². The fourth-order valence-corrected chi connectivity index (χ4v) is 1.96. The quantitative estimate of drug-likeness (QED) is 0.748. The van der Waals surface area contributed by atoms with E-state index >= 15 is 0 Å². The van der Waals surface area contributed by atoms with Crippen LogP contribution in [-0.2, 0) is 0 Å². The van der Waals surface area contributed by atoms with Crippen LogP contribution in [0.15, 0.2) is 28.7 Å². The van der Waals surface area contributed by atoms with Crippen LogP contribution in [0.1, 0.15) is 30.6 Å². The average molecular weight is 298 g/mol. The van der Waals surface area contributed by atoms with Crippen molar-refractivity contribution in [1.29, 1.82) is 0 Å². The minimum atomic E-state index is 0.184. The van der Waals surface area contributed by atoms with E-state index in [1.165, 1.54) is 0 Å². The fourth-order valence-electron chi connectivity index (χ4n) is 1.70. The van der Waals surface area contributed by atoms with Crippen molar-refractivity contribution in [3.8, 4) is 0 Å². The summed E-state index contributed by atoms with van der Waals surface area (Å²) in [5.41, 5.74) is 0.782. The third-order valence-electron chi connectivity index (χ3n) is 2.90. The fraction of sp³-hybridized carbons (Fsp3) is 0.500. The molecule has 0 fully saturated rings. The van der Waals surface area contributed by atoms with E-state index in [4.69, 9.17) is 0 Å². The highest BCUT2D eigenvalue weighted by molar-refractivity contribution is 9.10. The summed E-state index contributed by atoms with van der Waals surface area (Å²) in [6.45, 7) is 5.85. The summed E-state index contributed by atoms with van der Waals surface area (Å²) in [6, 6.07) is 7.54. The number of carbonyl (C=O) groups excluding carboxylic acids is 1. The average Bonchev–Trinajstić information content (AvgIpc) is 2.29. The van der Waals surface area contributed by atoms with E-state index in [9.17, 15) is 4.79 Å². The van der Waals surface area contributed by atoms with Gasteiger partial charge in [-0.2, -0.15) is 0 Å². The SMILES string of the molecule is CCC(C)CN(C)CC(=O)c1ccc(Br)cc1. The van der Waals surface area contributed by atoms with Crippen LogP contribution in [0.25, 0.3) is 0 Å². The standard InChI is InChI=1S/C14H20BrNO/c1-4-11(2)9-16(3)10-14(17)12-5-7-13(15)8-6-12/h5-8,11H,4,9-10H2,1-3H3. The third-order valence-corrected chi connectivity index (χ3v) is 3.43. The van der Waals surface area contributed by atoms with Crippen molar-refractivity contribution in [3.63, 3.8) is 0 Å². The predicted octanol–water partition coefficient (Wildman–Crippen LogP) is 3.61. The number of rotatable bonds is 6. The Morgan fingerprint density at radius 3 is 2.47 bits per heavy atom. The molecule has 0 aliphatic rings. The second kappa shape index (κ2) is 6.92. The van der Waals surface area contributed by atoms with Crippen molar-refractivity contribution in [2.75, 3.05) is 20.1 Å². The first-order valence-corrected chi connectivity index (χ1v) is 6.79. The minimum absolute atomic E-state index is 0.184. The van der Waals surface area contributed by atoms with Gasteiger partial charge in [0.2, 0.25) is 0 Å². The first-order valence-electron chi connectivity index (χ1n) is 6.00. The zero-order chi connectivity index (χ0) is 12.8. The maximum atomic E-state index is 12.0. The Hall–Kier alpha value is -0.670. The molecule has 1 unspecified atom stereocenters. The molecule has 0 heterocycles. The van der Waals surface area contributed by atoms with Gasteiger partial charge in [0, 0.05) is 16.6 Å². The van der Waals surface area contributed by atoms with E-state index < -0.39 is 0 Å². The van der Waals surface area contributed by atoms with E-state index in [0.29, 0.717) is 12.5 Å². The molecule has 0 saturated carbocycles. The Morgan fingerprint density at radius 2 is 1.94 bits per heavy atom. The first kappa shape index (κ1) is 14.4. The van der Waals surface area contributed by atoms with E-state index in [0.717, 1.165) is 23.0 Å². The van der Waals surface area contributed by atoms with Gasteiger partial charge in [-0.3, -0.25) is 9.69 Å². The summed E-state index contributed by atoms with van der Waals surface area (Å²) >= 11 is 3.37. The number of nitrogens with zero attached hydrogens (tertiary/aromatic N) is 1. The van der Waals surface area contributed by atoms with Gasteiger partial charge < -0.3 is 0 Å². The zero-order valence-electron chi connectivity index (χ0n) is 10.7. The van der Waals surface area contributed by atoms with Crippen LogP contribution in [0, 0.1) is 5.92 Å². The number of Topliss-reactive ketones (excluding diaryl/α,β-unsaturated/α-hetero) is 1. The van der Waals surface area contributed by atoms with Crippen molar-refractivity contribution in [1.82, 2.24) is 4.90 Å². The third kappa shape index (κ3) is 5.00. The Bertz CT molecular complexity index is 361. The van der Waals surface area contributed by atoms with Crippen LogP contribution in [0.2, 0.25) is 0 Å². The summed E-state index contributed by atoms with van der Waals surface area (Å²) in [5, 5.41) is 0. The molecule has 94 valence electrons. The van der Waals surface area contributed by atoms with Crippen LogP contribution in [0.3, 0.4) is 0 Å². The topological polar surface area (TPSA) is 20.3 Å². The number of benzene rings is 1. The first-order chi connectivity index (χ1) is 8.02. The molecule has 17 heavy (non-hydrogen) atoms. The van der Waals surface area contributed by atoms with Crippen molar-refractivity contribution in [2.45, 2.75) is 20.3 Å². The zero-order valence-corrected chi connectivity index (χ0v) is 12.3. The van der Waals surface area contributed by atoms with E-state index in [1.807, 2.05) is 31.3 Å². The number of hydrogen-bond acceptors (Lipinski definition) is 2. The molecule has 1 rings (SSSR count). The maximum absolute atomic E-state index is 12.0. The molecule has 0 radical (unpaired) electrons. The van der Waals surface area contributed by atoms with Gasteiger partial charge in [0.1, 0.15) is 0 Å². The minimum Gasteiger partial charge on any atom is -0.299 e. The molecule has 1 aromatic rings. The number of carbonyl (C=O) groups is 1. The second-order valence-corrected chi connectivity index (χ2v) is 5.56. The summed E-state index contributed by atoms with van der Waals surface area (Å²) in [6.07, 6.45) is 1.15. The highest BCUT2D eigenvalue weighted by Gasteiger charge is 2.11. The Balaban J connectivity index is 2.51. The van der Waals surface area contributed by atoms with Crippen LogP contribution < -0.4 is 0 Å². The molecule has 1 atom stereocenters. The van der Waals surface area contributed by atoms with Crippen LogP contribution >= 0.6 is 15.9 Å². The molecule has 0 aliphatic heterocycles. The lowest BCUT2D eigenvalue weighted by atomic mass is 10.1. The van der Waals surface area contributed by atoms with E-state index in [-0.39, 0.29) is 5.78 Å².